The van der Waals surface area contributed by atoms with Crippen molar-refractivity contribution in [3.8, 4) is 5.75 Å². The molecule has 0 bridgehead atoms. The van der Waals surface area contributed by atoms with Crippen molar-refractivity contribution in [2.75, 3.05) is 45.9 Å². The molecule has 5 rings (SSSR count). The van der Waals surface area contributed by atoms with Gasteiger partial charge in [-0.1, -0.05) is 73.7 Å². The lowest BCUT2D eigenvalue weighted by molar-refractivity contribution is 0.0952. The summed E-state index contributed by atoms with van der Waals surface area (Å²) < 4.78 is 8.16. The van der Waals surface area contributed by atoms with Crippen molar-refractivity contribution in [2.24, 2.45) is 0 Å². The van der Waals surface area contributed by atoms with Gasteiger partial charge in [0.1, 0.15) is 5.75 Å². The topological polar surface area (TPSA) is 49.7 Å². The Bertz CT molecular complexity index is 1340. The first kappa shape index (κ1) is 27.9. The highest BCUT2D eigenvalue weighted by Crippen LogP contribution is 2.26. The summed E-state index contributed by atoms with van der Waals surface area (Å²) in [6, 6.07) is 26.5. The van der Waals surface area contributed by atoms with Crippen LogP contribution in [0.1, 0.15) is 41.3 Å². The second-order valence-corrected chi connectivity index (χ2v) is 10.6. The molecule has 1 aliphatic rings. The van der Waals surface area contributed by atoms with Gasteiger partial charge in [-0.2, -0.15) is 0 Å². The van der Waals surface area contributed by atoms with Gasteiger partial charge in [0.05, 0.1) is 17.7 Å². The van der Waals surface area contributed by atoms with Crippen molar-refractivity contribution in [3.05, 3.63) is 102 Å². The van der Waals surface area contributed by atoms with Crippen LogP contribution < -0.4 is 10.1 Å². The van der Waals surface area contributed by atoms with Crippen LogP contribution in [-0.4, -0.2) is 66.1 Å². The van der Waals surface area contributed by atoms with Crippen LogP contribution in [-0.2, 0) is 19.5 Å². The Labute approximate surface area is 238 Å². The normalized spacial score (nSPS) is 14.4. The fraction of sp³-hybridized carbons (Fsp3) is 0.382. The van der Waals surface area contributed by atoms with Crippen LogP contribution in [0.3, 0.4) is 0 Å². The van der Waals surface area contributed by atoms with Crippen LogP contribution in [0.5, 0.6) is 5.75 Å². The number of carbonyl (C=O) groups is 1. The van der Waals surface area contributed by atoms with Gasteiger partial charge in [-0.25, -0.2) is 0 Å². The third-order valence-electron chi connectivity index (χ3n) is 7.87. The van der Waals surface area contributed by atoms with Crippen LogP contribution in [0.25, 0.3) is 10.9 Å². The molecule has 210 valence electrons. The number of fused-ring (bicyclic) bond motifs is 1. The largest absolute Gasteiger partial charge is 0.494 e. The highest BCUT2D eigenvalue weighted by atomic mass is 16.5. The van der Waals surface area contributed by atoms with Gasteiger partial charge in [0.2, 0.25) is 0 Å². The van der Waals surface area contributed by atoms with Gasteiger partial charge in [0.15, 0.2) is 0 Å². The monoisotopic (exact) mass is 538 g/mol. The van der Waals surface area contributed by atoms with Crippen LogP contribution in [0.2, 0.25) is 0 Å². The number of piperazine rings is 1. The zero-order chi connectivity index (χ0) is 27.6. The average molecular weight is 539 g/mol. The maximum absolute atomic E-state index is 13.2. The summed E-state index contributed by atoms with van der Waals surface area (Å²) in [6.45, 7) is 11.0. The van der Waals surface area contributed by atoms with E-state index in [1.54, 1.807) is 0 Å². The molecule has 1 aromatic heterocycles. The van der Waals surface area contributed by atoms with Crippen LogP contribution in [0.15, 0.2) is 85.1 Å². The number of aryl methyl sites for hydroxylation is 2. The first-order valence-electron chi connectivity index (χ1n) is 14.8. The van der Waals surface area contributed by atoms with E-state index in [1.165, 1.54) is 11.1 Å². The quantitative estimate of drug-likeness (QED) is 0.225. The first-order valence-corrected chi connectivity index (χ1v) is 14.8. The maximum Gasteiger partial charge on any atom is 0.253 e. The maximum atomic E-state index is 13.2. The number of benzene rings is 3. The highest BCUT2D eigenvalue weighted by molar-refractivity contribution is 6.07. The molecule has 0 radical (unpaired) electrons. The summed E-state index contributed by atoms with van der Waals surface area (Å²) in [5.41, 5.74) is 4.38. The summed E-state index contributed by atoms with van der Waals surface area (Å²) in [5.74, 6) is 0.944. The number of para-hydroxylation sites is 2. The highest BCUT2D eigenvalue weighted by Gasteiger charge is 2.19. The number of hydrogen-bond donors (Lipinski definition) is 1. The summed E-state index contributed by atoms with van der Waals surface area (Å²) in [6.07, 6.45) is 5.14. The lowest BCUT2D eigenvalue weighted by Gasteiger charge is -2.34. The van der Waals surface area contributed by atoms with E-state index in [0.29, 0.717) is 6.54 Å². The molecule has 6 heteroatoms. The molecule has 1 N–H and O–H groups in total. The van der Waals surface area contributed by atoms with Crippen molar-refractivity contribution >= 4 is 16.8 Å². The Morgan fingerprint density at radius 2 is 1.48 bits per heavy atom. The Kier molecular flexibility index (Phi) is 9.88. The number of ether oxygens (including phenoxy) is 1. The predicted octanol–water partition coefficient (Wildman–Crippen LogP) is 5.61. The molecule has 1 saturated heterocycles. The second-order valence-electron chi connectivity index (χ2n) is 10.6. The lowest BCUT2D eigenvalue weighted by atomic mass is 10.1. The van der Waals surface area contributed by atoms with E-state index in [4.69, 9.17) is 4.74 Å². The minimum absolute atomic E-state index is 0.00820. The van der Waals surface area contributed by atoms with Gasteiger partial charge in [0, 0.05) is 57.4 Å². The molecule has 40 heavy (non-hydrogen) atoms. The SMILES string of the molecule is CCc1cccc2c(C(=O)NCc3ccccc3)cn(CCCN3CCN(CCCOc4ccccc4)CC3)c12. The van der Waals surface area contributed by atoms with E-state index in [0.717, 1.165) is 93.9 Å². The van der Waals surface area contributed by atoms with E-state index in [-0.39, 0.29) is 5.91 Å². The van der Waals surface area contributed by atoms with Crippen LogP contribution in [0.4, 0.5) is 0 Å². The summed E-state index contributed by atoms with van der Waals surface area (Å²) >= 11 is 0. The molecule has 0 unspecified atom stereocenters. The third kappa shape index (κ3) is 7.32. The van der Waals surface area contributed by atoms with Gasteiger partial charge in [0.25, 0.3) is 5.91 Å². The molecule has 0 spiro atoms. The van der Waals surface area contributed by atoms with E-state index in [2.05, 4.69) is 51.0 Å². The molecule has 2 heterocycles. The third-order valence-corrected chi connectivity index (χ3v) is 7.87. The minimum atomic E-state index is -0.00820. The number of hydrogen-bond acceptors (Lipinski definition) is 4. The van der Waals surface area contributed by atoms with Crippen molar-refractivity contribution in [1.82, 2.24) is 19.7 Å². The van der Waals surface area contributed by atoms with Gasteiger partial charge in [-0.3, -0.25) is 4.79 Å². The Morgan fingerprint density at radius 3 is 2.17 bits per heavy atom. The molecule has 1 aliphatic heterocycles. The molecule has 3 aromatic carbocycles. The minimum Gasteiger partial charge on any atom is -0.494 e. The zero-order valence-corrected chi connectivity index (χ0v) is 23.7. The first-order chi connectivity index (χ1) is 19.7. The number of nitrogens with one attached hydrogen (secondary N) is 1. The predicted molar refractivity (Wildman–Crippen MR) is 163 cm³/mol. The van der Waals surface area contributed by atoms with Crippen molar-refractivity contribution < 1.29 is 9.53 Å². The number of rotatable bonds is 13. The zero-order valence-electron chi connectivity index (χ0n) is 23.7. The average Bonchev–Trinajstić information content (AvgIpc) is 3.39. The van der Waals surface area contributed by atoms with E-state index in [1.807, 2.05) is 60.7 Å². The lowest BCUT2D eigenvalue weighted by Crippen LogP contribution is -2.47. The van der Waals surface area contributed by atoms with Gasteiger partial charge in [-0.15, -0.1) is 0 Å². The summed E-state index contributed by atoms with van der Waals surface area (Å²) in [5, 5.41) is 4.17. The fourth-order valence-corrected chi connectivity index (χ4v) is 5.65. The smallest absolute Gasteiger partial charge is 0.253 e. The molecule has 0 saturated carbocycles. The standard InChI is InChI=1S/C34H42N4O2/c1-2-29-14-9-17-31-32(34(39)35-26-28-12-5-3-6-13-28)27-38(33(29)31)20-10-18-36-21-23-37(24-22-36)19-11-25-40-30-15-7-4-8-16-30/h3-9,12-17,27H,2,10-11,18-26H2,1H3,(H,35,39). The van der Waals surface area contributed by atoms with Crippen molar-refractivity contribution in [3.63, 3.8) is 0 Å². The molecule has 1 amide bonds. The molecule has 1 fully saturated rings. The number of nitrogens with zero attached hydrogens (tertiary/aromatic N) is 3. The van der Waals surface area contributed by atoms with E-state index >= 15 is 0 Å². The Morgan fingerprint density at radius 1 is 0.800 bits per heavy atom. The van der Waals surface area contributed by atoms with E-state index in [9.17, 15) is 4.79 Å². The van der Waals surface area contributed by atoms with E-state index < -0.39 is 0 Å². The summed E-state index contributed by atoms with van der Waals surface area (Å²) in [4.78, 5) is 18.4. The Balaban J connectivity index is 1.10. The van der Waals surface area contributed by atoms with Crippen LogP contribution >= 0.6 is 0 Å². The number of aromatic nitrogens is 1. The van der Waals surface area contributed by atoms with Gasteiger partial charge >= 0.3 is 0 Å². The number of carbonyl (C=O) groups excluding carboxylic acids is 1. The molecular weight excluding hydrogens is 496 g/mol. The van der Waals surface area contributed by atoms with Crippen LogP contribution in [0, 0.1) is 0 Å². The number of amides is 1. The molecule has 4 aromatic rings. The fourth-order valence-electron chi connectivity index (χ4n) is 5.65. The summed E-state index contributed by atoms with van der Waals surface area (Å²) in [7, 11) is 0. The van der Waals surface area contributed by atoms with Crippen molar-refractivity contribution in [1.29, 1.82) is 0 Å². The Hall–Kier alpha value is -3.61. The molecule has 0 atom stereocenters. The molecule has 6 nitrogen and oxygen atoms in total. The van der Waals surface area contributed by atoms with Gasteiger partial charge < -0.3 is 24.4 Å². The second kappa shape index (κ2) is 14.1. The van der Waals surface area contributed by atoms with Crippen molar-refractivity contribution in [2.45, 2.75) is 39.3 Å². The molecular formula is C34H42N4O2. The molecule has 0 aliphatic carbocycles. The van der Waals surface area contributed by atoms with Gasteiger partial charge in [-0.05, 0) is 49.1 Å².